The number of aromatic hydroxyl groups is 1. The summed E-state index contributed by atoms with van der Waals surface area (Å²) in [5.41, 5.74) is 3.45. The molecule has 0 saturated carbocycles. The van der Waals surface area contributed by atoms with Crippen molar-refractivity contribution < 1.29 is 13.9 Å². The zero-order chi connectivity index (χ0) is 16.6. The van der Waals surface area contributed by atoms with Gasteiger partial charge in [-0.1, -0.05) is 0 Å². The van der Waals surface area contributed by atoms with Crippen LogP contribution in [0.25, 0.3) is 43.6 Å². The Bertz CT molecular complexity index is 1200. The average molecular weight is 322 g/mol. The quantitative estimate of drug-likeness (QED) is 0.358. The molecule has 0 amide bonds. The number of aromatic nitrogens is 2. The van der Waals surface area contributed by atoms with Gasteiger partial charge in [0.1, 0.15) is 11.6 Å². The van der Waals surface area contributed by atoms with Crippen molar-refractivity contribution in [3.63, 3.8) is 0 Å². The summed E-state index contributed by atoms with van der Waals surface area (Å²) in [7, 11) is 0. The molecule has 5 aromatic rings. The Morgan fingerprint density at radius 3 is 1.71 bits per heavy atom. The van der Waals surface area contributed by atoms with Crippen molar-refractivity contribution >= 4 is 43.6 Å². The van der Waals surface area contributed by atoms with E-state index in [0.29, 0.717) is 21.8 Å². The Hall–Kier alpha value is -3.08. The smallest absolute Gasteiger partial charge is 0.164 e. The predicted molar refractivity (Wildman–Crippen MR) is 91.5 cm³/mol. The number of hydrogen-bond acceptors (Lipinski definition) is 1. The van der Waals surface area contributed by atoms with Crippen molar-refractivity contribution in [2.45, 2.75) is 6.92 Å². The lowest BCUT2D eigenvalue weighted by atomic mass is 10.0. The molecule has 3 aromatic carbocycles. The molecule has 0 aliphatic carbocycles. The second-order valence-corrected chi connectivity index (χ2v) is 6.10. The molecule has 2 aromatic heterocycles. The SMILES string of the molecule is Cc1c2c([nH]c3ccc(F)cc32)c(O)c2[nH]c3ccc(F)cc3c12. The Morgan fingerprint density at radius 1 is 0.792 bits per heavy atom. The van der Waals surface area contributed by atoms with Crippen LogP contribution in [0.2, 0.25) is 0 Å². The van der Waals surface area contributed by atoms with Crippen LogP contribution in [0.3, 0.4) is 0 Å². The number of halogens is 2. The molecular formula is C19H12F2N2O. The first-order valence-corrected chi connectivity index (χ1v) is 7.58. The fraction of sp³-hybridized carbons (Fsp3) is 0.0526. The van der Waals surface area contributed by atoms with Gasteiger partial charge in [-0.05, 0) is 48.9 Å². The van der Waals surface area contributed by atoms with Crippen LogP contribution in [0.1, 0.15) is 5.56 Å². The normalized spacial score (nSPS) is 12.1. The zero-order valence-electron chi connectivity index (χ0n) is 12.7. The molecule has 3 N–H and O–H groups in total. The van der Waals surface area contributed by atoms with Gasteiger partial charge in [0, 0.05) is 32.6 Å². The van der Waals surface area contributed by atoms with Gasteiger partial charge in [-0.2, -0.15) is 0 Å². The maximum Gasteiger partial charge on any atom is 0.164 e. The molecule has 118 valence electrons. The van der Waals surface area contributed by atoms with Crippen molar-refractivity contribution in [1.29, 1.82) is 0 Å². The van der Waals surface area contributed by atoms with Gasteiger partial charge in [-0.3, -0.25) is 0 Å². The summed E-state index contributed by atoms with van der Waals surface area (Å²) >= 11 is 0. The maximum atomic E-state index is 13.7. The molecule has 24 heavy (non-hydrogen) atoms. The van der Waals surface area contributed by atoms with Crippen LogP contribution in [-0.2, 0) is 0 Å². The summed E-state index contributed by atoms with van der Waals surface area (Å²) in [4.78, 5) is 6.30. The van der Waals surface area contributed by atoms with Crippen LogP contribution in [0, 0.1) is 18.6 Å². The van der Waals surface area contributed by atoms with Gasteiger partial charge in [0.25, 0.3) is 0 Å². The van der Waals surface area contributed by atoms with E-state index in [2.05, 4.69) is 9.97 Å². The first kappa shape index (κ1) is 13.4. The lowest BCUT2D eigenvalue weighted by molar-refractivity contribution is 0.485. The van der Waals surface area contributed by atoms with Crippen molar-refractivity contribution in [3.05, 3.63) is 53.6 Å². The highest BCUT2D eigenvalue weighted by atomic mass is 19.1. The van der Waals surface area contributed by atoms with Crippen molar-refractivity contribution in [2.75, 3.05) is 0 Å². The highest BCUT2D eigenvalue weighted by Crippen LogP contribution is 2.43. The maximum absolute atomic E-state index is 13.7. The molecule has 0 aliphatic rings. The highest BCUT2D eigenvalue weighted by molar-refractivity contribution is 6.22. The molecule has 0 atom stereocenters. The van der Waals surface area contributed by atoms with Gasteiger partial charge in [0.2, 0.25) is 0 Å². The summed E-state index contributed by atoms with van der Waals surface area (Å²) in [5, 5.41) is 13.6. The minimum atomic E-state index is -0.340. The van der Waals surface area contributed by atoms with Crippen LogP contribution in [0.5, 0.6) is 5.75 Å². The van der Waals surface area contributed by atoms with Crippen LogP contribution in [0.15, 0.2) is 36.4 Å². The number of H-pyrrole nitrogens is 2. The Morgan fingerprint density at radius 2 is 1.25 bits per heavy atom. The first-order valence-electron chi connectivity index (χ1n) is 7.58. The number of hydrogen-bond donors (Lipinski definition) is 3. The van der Waals surface area contributed by atoms with E-state index in [4.69, 9.17) is 0 Å². The van der Waals surface area contributed by atoms with Crippen molar-refractivity contribution in [2.24, 2.45) is 0 Å². The van der Waals surface area contributed by atoms with Gasteiger partial charge in [-0.25, -0.2) is 8.78 Å². The molecule has 0 bridgehead atoms. The number of phenols is 1. The fourth-order valence-corrected chi connectivity index (χ4v) is 3.71. The van der Waals surface area contributed by atoms with E-state index in [1.54, 1.807) is 12.1 Å². The molecule has 0 saturated heterocycles. The van der Waals surface area contributed by atoms with Gasteiger partial charge in [0.05, 0.1) is 11.0 Å². The molecule has 0 spiro atoms. The van der Waals surface area contributed by atoms with Gasteiger partial charge in [0.15, 0.2) is 5.75 Å². The third-order valence-corrected chi connectivity index (χ3v) is 4.74. The summed E-state index contributed by atoms with van der Waals surface area (Å²) in [5.74, 6) is -0.626. The number of rotatable bonds is 0. The minimum Gasteiger partial charge on any atom is -0.504 e. The molecule has 0 radical (unpaired) electrons. The van der Waals surface area contributed by atoms with Gasteiger partial charge >= 0.3 is 0 Å². The lowest BCUT2D eigenvalue weighted by Crippen LogP contribution is -1.82. The predicted octanol–water partition coefficient (Wildman–Crippen LogP) is 5.25. The van der Waals surface area contributed by atoms with E-state index < -0.39 is 0 Å². The highest BCUT2D eigenvalue weighted by Gasteiger charge is 2.19. The number of benzene rings is 3. The summed E-state index contributed by atoms with van der Waals surface area (Å²) in [6, 6.07) is 8.94. The van der Waals surface area contributed by atoms with Gasteiger partial charge in [-0.15, -0.1) is 0 Å². The van der Waals surface area contributed by atoms with Gasteiger partial charge < -0.3 is 15.1 Å². The Labute approximate surface area is 134 Å². The van der Waals surface area contributed by atoms with Crippen LogP contribution < -0.4 is 0 Å². The van der Waals surface area contributed by atoms with Crippen LogP contribution in [0.4, 0.5) is 8.78 Å². The average Bonchev–Trinajstić information content (AvgIpc) is 3.11. The van der Waals surface area contributed by atoms with Crippen LogP contribution >= 0.6 is 0 Å². The largest absolute Gasteiger partial charge is 0.504 e. The van der Waals surface area contributed by atoms with E-state index in [1.807, 2.05) is 6.92 Å². The van der Waals surface area contributed by atoms with E-state index in [0.717, 1.165) is 27.4 Å². The summed E-state index contributed by atoms with van der Waals surface area (Å²) in [6.07, 6.45) is 0. The number of fused-ring (bicyclic) bond motifs is 6. The van der Waals surface area contributed by atoms with Crippen LogP contribution in [-0.4, -0.2) is 15.1 Å². The van der Waals surface area contributed by atoms with Crippen molar-refractivity contribution in [3.8, 4) is 5.75 Å². The van der Waals surface area contributed by atoms with E-state index in [9.17, 15) is 13.9 Å². The Kier molecular flexibility index (Phi) is 2.37. The number of nitrogens with one attached hydrogen (secondary N) is 2. The van der Waals surface area contributed by atoms with Crippen molar-refractivity contribution in [1.82, 2.24) is 9.97 Å². The van der Waals surface area contributed by atoms with E-state index >= 15 is 0 Å². The third-order valence-electron chi connectivity index (χ3n) is 4.74. The van der Waals surface area contributed by atoms with E-state index in [1.165, 1.54) is 24.3 Å². The minimum absolute atomic E-state index is 0.0545. The lowest BCUT2D eigenvalue weighted by Gasteiger charge is -2.04. The molecule has 0 fully saturated rings. The second kappa shape index (κ2) is 4.26. The standard InChI is InChI=1S/C19H12F2N2O/c1-8-15-11-6-9(20)2-4-13(11)22-17(15)19(24)18-16(8)12-7-10(21)3-5-14(12)23-18/h2-7,22-24H,1H3. The Balaban J connectivity index is 2.12. The fourth-order valence-electron chi connectivity index (χ4n) is 3.71. The molecule has 0 unspecified atom stereocenters. The second-order valence-electron chi connectivity index (χ2n) is 6.10. The monoisotopic (exact) mass is 322 g/mol. The molecule has 5 heteroatoms. The molecule has 0 aliphatic heterocycles. The third kappa shape index (κ3) is 1.53. The topological polar surface area (TPSA) is 51.8 Å². The first-order chi connectivity index (χ1) is 11.5. The number of aryl methyl sites for hydroxylation is 1. The molecular weight excluding hydrogens is 310 g/mol. The van der Waals surface area contributed by atoms with E-state index in [-0.39, 0.29) is 17.4 Å². The summed E-state index contributed by atoms with van der Waals surface area (Å²) in [6.45, 7) is 1.90. The summed E-state index contributed by atoms with van der Waals surface area (Å²) < 4.78 is 27.4. The molecule has 2 heterocycles. The molecule has 3 nitrogen and oxygen atoms in total. The zero-order valence-corrected chi connectivity index (χ0v) is 12.7. The molecule has 5 rings (SSSR count). The number of aromatic amines is 2. The number of phenolic OH excluding ortho intramolecular Hbond substituents is 1.